The van der Waals surface area contributed by atoms with Gasteiger partial charge >= 0.3 is 0 Å². The summed E-state index contributed by atoms with van der Waals surface area (Å²) in [4.78, 5) is 27.8. The fourth-order valence-corrected chi connectivity index (χ4v) is 7.01. The van der Waals surface area contributed by atoms with Crippen LogP contribution in [0.15, 0.2) is 48.5 Å². The van der Waals surface area contributed by atoms with Crippen molar-refractivity contribution in [2.24, 2.45) is 0 Å². The van der Waals surface area contributed by atoms with Crippen LogP contribution in [0.25, 0.3) is 0 Å². The predicted octanol–water partition coefficient (Wildman–Crippen LogP) is 6.86. The summed E-state index contributed by atoms with van der Waals surface area (Å²) in [6.45, 7) is 11.1. The lowest BCUT2D eigenvalue weighted by Gasteiger charge is -2.21. The molecule has 0 amide bonds. The second kappa shape index (κ2) is 8.57. The molecular formula is C26H26ClO3P. The molecule has 0 spiro atoms. The molecule has 0 aliphatic heterocycles. The highest BCUT2D eigenvalue weighted by molar-refractivity contribution is 8.01. The van der Waals surface area contributed by atoms with E-state index in [1.165, 1.54) is 12.1 Å². The normalized spacial score (nSPS) is 11.5. The first kappa shape index (κ1) is 23.2. The van der Waals surface area contributed by atoms with Gasteiger partial charge in [-0.1, -0.05) is 47.0 Å². The Labute approximate surface area is 188 Å². The van der Waals surface area contributed by atoms with Gasteiger partial charge in [-0.3, -0.25) is 9.59 Å². The van der Waals surface area contributed by atoms with Gasteiger partial charge in [0, 0.05) is 21.5 Å². The summed E-state index contributed by atoms with van der Waals surface area (Å²) >= 11 is 6.03. The minimum absolute atomic E-state index is 0.200. The first-order valence-electron chi connectivity index (χ1n) is 10.1. The van der Waals surface area contributed by atoms with E-state index in [-0.39, 0.29) is 5.30 Å². The van der Waals surface area contributed by atoms with Crippen LogP contribution in [0.3, 0.4) is 0 Å². The van der Waals surface area contributed by atoms with E-state index in [0.717, 1.165) is 11.1 Å². The van der Waals surface area contributed by atoms with E-state index >= 15 is 0 Å². The zero-order chi connectivity index (χ0) is 23.1. The Morgan fingerprint density at radius 2 is 0.968 bits per heavy atom. The van der Waals surface area contributed by atoms with Crippen molar-refractivity contribution in [3.05, 3.63) is 98.1 Å². The van der Waals surface area contributed by atoms with Crippen LogP contribution in [-0.4, -0.2) is 11.0 Å². The molecule has 0 saturated carbocycles. The predicted molar refractivity (Wildman–Crippen MR) is 129 cm³/mol. The second-order valence-electron chi connectivity index (χ2n) is 8.24. The van der Waals surface area contributed by atoms with Gasteiger partial charge in [-0.2, -0.15) is 0 Å². The van der Waals surface area contributed by atoms with E-state index in [2.05, 4.69) is 0 Å². The number of aryl methyl sites for hydroxylation is 6. The summed E-state index contributed by atoms with van der Waals surface area (Å²) in [6.07, 6.45) is 0. The average molecular weight is 453 g/mol. The van der Waals surface area contributed by atoms with Crippen molar-refractivity contribution in [2.45, 2.75) is 41.5 Å². The van der Waals surface area contributed by atoms with Gasteiger partial charge in [0.05, 0.1) is 0 Å². The molecule has 31 heavy (non-hydrogen) atoms. The number of rotatable bonds is 5. The largest absolute Gasteiger partial charge is 0.302 e. The number of halogens is 1. The molecule has 0 aliphatic rings. The van der Waals surface area contributed by atoms with E-state index < -0.39 is 18.2 Å². The molecule has 0 unspecified atom stereocenters. The van der Waals surface area contributed by atoms with Gasteiger partial charge in [0.2, 0.25) is 18.2 Å². The van der Waals surface area contributed by atoms with E-state index in [9.17, 15) is 14.2 Å². The molecule has 160 valence electrons. The molecular weight excluding hydrogens is 427 g/mol. The van der Waals surface area contributed by atoms with E-state index in [4.69, 9.17) is 11.6 Å². The smallest absolute Gasteiger partial charge is 0.248 e. The standard InChI is InChI=1S/C26H26ClO3P/c1-15-11-17(3)23(18(4)12-15)25(28)31(30,22-9-7-21(27)8-10-22)26(29)24-19(5)13-16(2)14-20(24)6/h7-14H,1-6H3. The summed E-state index contributed by atoms with van der Waals surface area (Å²) in [5.41, 5.74) is 4.28. The first-order valence-corrected chi connectivity index (χ1v) is 12.2. The van der Waals surface area contributed by atoms with Crippen molar-refractivity contribution in [2.75, 3.05) is 0 Å². The molecule has 3 aromatic rings. The van der Waals surface area contributed by atoms with E-state index in [1.807, 2.05) is 65.8 Å². The molecule has 0 fully saturated rings. The molecule has 0 aromatic heterocycles. The lowest BCUT2D eigenvalue weighted by Crippen LogP contribution is -2.23. The van der Waals surface area contributed by atoms with Crippen molar-refractivity contribution < 1.29 is 14.2 Å². The van der Waals surface area contributed by atoms with Crippen LogP contribution < -0.4 is 5.30 Å². The maximum absolute atomic E-state index is 14.6. The Balaban J connectivity index is 2.32. The van der Waals surface area contributed by atoms with Crippen LogP contribution in [0, 0.1) is 41.5 Å². The number of hydrogen-bond acceptors (Lipinski definition) is 3. The quantitative estimate of drug-likeness (QED) is 0.397. The van der Waals surface area contributed by atoms with Gasteiger partial charge in [0.15, 0.2) is 0 Å². The van der Waals surface area contributed by atoms with Crippen LogP contribution in [0.1, 0.15) is 54.1 Å². The molecule has 0 aliphatic carbocycles. The minimum Gasteiger partial charge on any atom is -0.302 e. The van der Waals surface area contributed by atoms with Crippen LogP contribution in [0.4, 0.5) is 0 Å². The molecule has 0 heterocycles. The first-order chi connectivity index (χ1) is 14.5. The third kappa shape index (κ3) is 4.18. The number of benzene rings is 3. The summed E-state index contributed by atoms with van der Waals surface area (Å²) in [6, 6.07) is 13.7. The number of hydrogen-bond donors (Lipinski definition) is 0. The van der Waals surface area contributed by atoms with Gasteiger partial charge in [0.25, 0.3) is 0 Å². The molecule has 5 heteroatoms. The fourth-order valence-electron chi connectivity index (χ4n) is 4.33. The molecule has 0 bridgehead atoms. The summed E-state index contributed by atoms with van der Waals surface area (Å²) < 4.78 is 14.6. The Bertz CT molecular complexity index is 1140. The number of carbonyl (C=O) groups excluding carboxylic acids is 2. The zero-order valence-electron chi connectivity index (χ0n) is 18.7. The van der Waals surface area contributed by atoms with Crippen molar-refractivity contribution in [3.63, 3.8) is 0 Å². The lowest BCUT2D eigenvalue weighted by molar-refractivity contribution is 0.104. The van der Waals surface area contributed by atoms with Crippen molar-refractivity contribution in [1.29, 1.82) is 0 Å². The van der Waals surface area contributed by atoms with E-state index in [1.54, 1.807) is 12.1 Å². The van der Waals surface area contributed by atoms with Gasteiger partial charge in [-0.05, 0) is 88.1 Å². The molecule has 0 radical (unpaired) electrons. The summed E-state index contributed by atoms with van der Waals surface area (Å²) in [5, 5.41) is 0.645. The fraction of sp³-hybridized carbons (Fsp3) is 0.231. The monoisotopic (exact) mass is 452 g/mol. The maximum Gasteiger partial charge on any atom is 0.248 e. The van der Waals surface area contributed by atoms with Crippen LogP contribution in [0.5, 0.6) is 0 Å². The zero-order valence-corrected chi connectivity index (χ0v) is 20.3. The number of carbonyl (C=O) groups is 2. The minimum atomic E-state index is -4.19. The second-order valence-corrected chi connectivity index (χ2v) is 11.2. The highest BCUT2D eigenvalue weighted by Crippen LogP contribution is 2.52. The molecule has 0 saturated heterocycles. The van der Waals surface area contributed by atoms with Gasteiger partial charge in [0.1, 0.15) is 0 Å². The third-order valence-electron chi connectivity index (χ3n) is 5.54. The van der Waals surface area contributed by atoms with Crippen LogP contribution in [-0.2, 0) is 4.57 Å². The maximum atomic E-state index is 14.6. The molecule has 0 atom stereocenters. The molecule has 3 nitrogen and oxygen atoms in total. The van der Waals surface area contributed by atoms with Crippen LogP contribution >= 0.6 is 18.7 Å². The molecule has 3 aromatic carbocycles. The van der Waals surface area contributed by atoms with E-state index in [0.29, 0.717) is 38.4 Å². The van der Waals surface area contributed by atoms with Crippen molar-refractivity contribution in [1.82, 2.24) is 0 Å². The van der Waals surface area contributed by atoms with Crippen LogP contribution in [0.2, 0.25) is 5.02 Å². The lowest BCUT2D eigenvalue weighted by atomic mass is 10.0. The van der Waals surface area contributed by atoms with Gasteiger partial charge < -0.3 is 4.57 Å². The highest BCUT2D eigenvalue weighted by Gasteiger charge is 2.44. The van der Waals surface area contributed by atoms with Crippen molar-refractivity contribution >= 4 is 35.1 Å². The topological polar surface area (TPSA) is 51.2 Å². The Kier molecular flexibility index (Phi) is 6.41. The highest BCUT2D eigenvalue weighted by atomic mass is 35.5. The Hall–Kier alpha value is -2.48. The van der Waals surface area contributed by atoms with Crippen molar-refractivity contribution in [3.8, 4) is 0 Å². The summed E-state index contributed by atoms with van der Waals surface area (Å²) in [7, 11) is -4.19. The Morgan fingerprint density at radius 3 is 1.29 bits per heavy atom. The average Bonchev–Trinajstić information content (AvgIpc) is 2.66. The molecule has 0 N–H and O–H groups in total. The molecule has 3 rings (SSSR count). The van der Waals surface area contributed by atoms with Gasteiger partial charge in [-0.15, -0.1) is 0 Å². The third-order valence-corrected chi connectivity index (χ3v) is 8.41. The summed E-state index contributed by atoms with van der Waals surface area (Å²) in [5.74, 6) is 0. The SMILES string of the molecule is Cc1cc(C)c(C(=O)P(=O)(C(=O)c2c(C)cc(C)cc2C)c2ccc(Cl)cc2)c(C)c1. The Morgan fingerprint density at radius 1 is 0.645 bits per heavy atom. The van der Waals surface area contributed by atoms with Gasteiger partial charge in [-0.25, -0.2) is 0 Å².